The number of hydrogen-bond donors (Lipinski definition) is 1. The van der Waals surface area contributed by atoms with Gasteiger partial charge in [0.1, 0.15) is 5.82 Å². The molecule has 0 atom stereocenters. The van der Waals surface area contributed by atoms with Crippen LogP contribution in [0, 0.1) is 24.0 Å². The van der Waals surface area contributed by atoms with E-state index in [0.717, 1.165) is 11.5 Å². The molecule has 8 nitrogen and oxygen atoms in total. The molecule has 1 N–H and O–H groups in total. The molecular formula is C18H22N4O4S. The van der Waals surface area contributed by atoms with Crippen LogP contribution in [-0.2, 0) is 10.0 Å². The van der Waals surface area contributed by atoms with Gasteiger partial charge in [-0.15, -0.1) is 0 Å². The molecule has 0 bridgehead atoms. The van der Waals surface area contributed by atoms with Crippen molar-refractivity contribution in [1.29, 1.82) is 0 Å². The number of benzene rings is 1. The van der Waals surface area contributed by atoms with Gasteiger partial charge in [0.15, 0.2) is 0 Å². The Labute approximate surface area is 158 Å². The number of hydrogen-bond acceptors (Lipinski definition) is 6. The van der Waals surface area contributed by atoms with Gasteiger partial charge in [0, 0.05) is 36.5 Å². The first kappa shape index (κ1) is 19.2. The number of aromatic nitrogens is 1. The Morgan fingerprint density at radius 1 is 1.15 bits per heavy atom. The molecule has 1 aliphatic rings. The summed E-state index contributed by atoms with van der Waals surface area (Å²) in [6.45, 7) is 4.78. The Hall–Kier alpha value is -2.52. The molecule has 1 aromatic carbocycles. The minimum Gasteiger partial charge on any atom is -0.356 e. The number of piperidine rings is 1. The topological polar surface area (TPSA) is 105 Å². The zero-order chi connectivity index (χ0) is 19.6. The van der Waals surface area contributed by atoms with Crippen molar-refractivity contribution in [1.82, 2.24) is 9.71 Å². The molecule has 27 heavy (non-hydrogen) atoms. The lowest BCUT2D eigenvalue weighted by Crippen LogP contribution is -2.45. The Bertz CT molecular complexity index is 954. The maximum absolute atomic E-state index is 12.7. The van der Waals surface area contributed by atoms with E-state index in [1.165, 1.54) is 25.1 Å². The van der Waals surface area contributed by atoms with Crippen LogP contribution in [0.3, 0.4) is 0 Å². The monoisotopic (exact) mass is 390 g/mol. The van der Waals surface area contributed by atoms with Gasteiger partial charge in [-0.2, -0.15) is 0 Å². The average Bonchev–Trinajstić information content (AvgIpc) is 2.62. The van der Waals surface area contributed by atoms with Crippen molar-refractivity contribution in [3.05, 3.63) is 57.8 Å². The summed E-state index contributed by atoms with van der Waals surface area (Å²) in [4.78, 5) is 17.1. The van der Waals surface area contributed by atoms with E-state index in [-0.39, 0.29) is 22.2 Å². The van der Waals surface area contributed by atoms with E-state index in [9.17, 15) is 18.5 Å². The minimum absolute atomic E-state index is 0.0421. The summed E-state index contributed by atoms with van der Waals surface area (Å²) in [5.74, 6) is 0.894. The first-order valence-corrected chi connectivity index (χ1v) is 10.2. The van der Waals surface area contributed by atoms with E-state index in [2.05, 4.69) is 14.6 Å². The van der Waals surface area contributed by atoms with E-state index in [1.54, 1.807) is 0 Å². The highest BCUT2D eigenvalue weighted by atomic mass is 32.2. The quantitative estimate of drug-likeness (QED) is 0.621. The van der Waals surface area contributed by atoms with E-state index in [0.29, 0.717) is 25.9 Å². The van der Waals surface area contributed by atoms with Crippen LogP contribution in [0.1, 0.15) is 24.1 Å². The Morgan fingerprint density at radius 2 is 1.81 bits per heavy atom. The number of nitrogens with zero attached hydrogens (tertiary/aromatic N) is 3. The largest absolute Gasteiger partial charge is 0.356 e. The molecule has 0 unspecified atom stereocenters. The van der Waals surface area contributed by atoms with Crippen molar-refractivity contribution in [3.8, 4) is 0 Å². The van der Waals surface area contributed by atoms with Gasteiger partial charge in [-0.1, -0.05) is 12.1 Å². The van der Waals surface area contributed by atoms with Crippen molar-refractivity contribution in [2.24, 2.45) is 0 Å². The Kier molecular flexibility index (Phi) is 5.43. The number of sulfonamides is 1. The average molecular weight is 390 g/mol. The number of nitro benzene ring substituents is 1. The molecular weight excluding hydrogens is 368 g/mol. The highest BCUT2D eigenvalue weighted by Gasteiger charge is 2.28. The summed E-state index contributed by atoms with van der Waals surface area (Å²) in [5.41, 5.74) is 0.895. The van der Waals surface area contributed by atoms with E-state index >= 15 is 0 Å². The molecule has 9 heteroatoms. The molecule has 0 saturated carbocycles. The minimum atomic E-state index is -3.82. The molecule has 1 saturated heterocycles. The van der Waals surface area contributed by atoms with Crippen LogP contribution in [-0.4, -0.2) is 37.5 Å². The van der Waals surface area contributed by atoms with Gasteiger partial charge >= 0.3 is 0 Å². The van der Waals surface area contributed by atoms with Gasteiger partial charge in [-0.05, 0) is 44.9 Å². The van der Waals surface area contributed by atoms with Gasteiger partial charge in [0.25, 0.3) is 5.69 Å². The summed E-state index contributed by atoms with van der Waals surface area (Å²) < 4.78 is 28.2. The molecule has 0 spiro atoms. The number of rotatable bonds is 5. The van der Waals surface area contributed by atoms with Crippen molar-refractivity contribution < 1.29 is 13.3 Å². The molecule has 0 amide bonds. The Balaban J connectivity index is 1.70. The molecule has 0 radical (unpaired) electrons. The van der Waals surface area contributed by atoms with Crippen LogP contribution in [0.25, 0.3) is 0 Å². The lowest BCUT2D eigenvalue weighted by atomic mass is 10.1. The smallest absolute Gasteiger partial charge is 0.273 e. The molecule has 3 rings (SSSR count). The summed E-state index contributed by atoms with van der Waals surface area (Å²) in [7, 11) is -3.82. The fourth-order valence-corrected chi connectivity index (χ4v) is 4.87. The second kappa shape index (κ2) is 7.61. The van der Waals surface area contributed by atoms with Crippen molar-refractivity contribution in [2.45, 2.75) is 37.6 Å². The predicted molar refractivity (Wildman–Crippen MR) is 102 cm³/mol. The summed E-state index contributed by atoms with van der Waals surface area (Å²) >= 11 is 0. The van der Waals surface area contributed by atoms with E-state index < -0.39 is 14.9 Å². The molecule has 2 heterocycles. The highest BCUT2D eigenvalue weighted by Crippen LogP contribution is 2.26. The van der Waals surface area contributed by atoms with Crippen LogP contribution < -0.4 is 9.62 Å². The maximum Gasteiger partial charge on any atom is 0.273 e. The first-order valence-electron chi connectivity index (χ1n) is 8.73. The Morgan fingerprint density at radius 3 is 2.44 bits per heavy atom. The standard InChI is InChI=1S/C18H22N4O4S/c1-13-5-3-8-18(19-13)21-11-9-15(10-12-21)20-27(25,26)17-7-4-6-16(14(17)2)22(23)24/h3-8,15,20H,9-12H2,1-2H3. The summed E-state index contributed by atoms with van der Waals surface area (Å²) in [5, 5.41) is 11.1. The van der Waals surface area contributed by atoms with Crippen LogP contribution in [0.5, 0.6) is 0 Å². The molecule has 1 aromatic heterocycles. The number of anilines is 1. The molecule has 1 fully saturated rings. The molecule has 2 aromatic rings. The SMILES string of the molecule is Cc1cccc(N2CCC(NS(=O)(=O)c3cccc([N+](=O)[O-])c3C)CC2)n1. The molecule has 0 aliphatic carbocycles. The van der Waals surface area contributed by atoms with Crippen LogP contribution >= 0.6 is 0 Å². The molecule has 1 aliphatic heterocycles. The van der Waals surface area contributed by atoms with Gasteiger partial charge < -0.3 is 4.90 Å². The van der Waals surface area contributed by atoms with Gasteiger partial charge in [0.2, 0.25) is 10.0 Å². The van der Waals surface area contributed by atoms with Crippen molar-refractivity contribution in [3.63, 3.8) is 0 Å². The van der Waals surface area contributed by atoms with Crippen LogP contribution in [0.2, 0.25) is 0 Å². The van der Waals surface area contributed by atoms with Gasteiger partial charge in [-0.25, -0.2) is 18.1 Å². The van der Waals surface area contributed by atoms with Crippen molar-refractivity contribution in [2.75, 3.05) is 18.0 Å². The fourth-order valence-electron chi connectivity index (χ4n) is 3.31. The second-order valence-corrected chi connectivity index (χ2v) is 8.36. The third-order valence-corrected chi connectivity index (χ3v) is 6.42. The number of aryl methyl sites for hydroxylation is 1. The fraction of sp³-hybridized carbons (Fsp3) is 0.389. The highest BCUT2D eigenvalue weighted by molar-refractivity contribution is 7.89. The van der Waals surface area contributed by atoms with Crippen LogP contribution in [0.4, 0.5) is 11.5 Å². The lowest BCUT2D eigenvalue weighted by Gasteiger charge is -2.33. The number of pyridine rings is 1. The predicted octanol–water partition coefficient (Wildman–Crippen LogP) is 2.55. The third-order valence-electron chi connectivity index (χ3n) is 4.76. The normalized spacial score (nSPS) is 15.7. The maximum atomic E-state index is 12.7. The number of nitrogens with one attached hydrogen (secondary N) is 1. The van der Waals surface area contributed by atoms with E-state index in [1.807, 2.05) is 25.1 Å². The summed E-state index contributed by atoms with van der Waals surface area (Å²) in [6, 6.07) is 9.73. The number of nitro groups is 1. The van der Waals surface area contributed by atoms with Gasteiger partial charge in [-0.3, -0.25) is 10.1 Å². The lowest BCUT2D eigenvalue weighted by molar-refractivity contribution is -0.385. The zero-order valence-electron chi connectivity index (χ0n) is 15.3. The second-order valence-electron chi connectivity index (χ2n) is 6.68. The summed E-state index contributed by atoms with van der Waals surface area (Å²) in [6.07, 6.45) is 1.28. The van der Waals surface area contributed by atoms with Crippen LogP contribution in [0.15, 0.2) is 41.3 Å². The first-order chi connectivity index (χ1) is 12.8. The molecule has 144 valence electrons. The van der Waals surface area contributed by atoms with Crippen molar-refractivity contribution >= 4 is 21.5 Å². The van der Waals surface area contributed by atoms with Gasteiger partial charge in [0.05, 0.1) is 9.82 Å². The van der Waals surface area contributed by atoms with E-state index in [4.69, 9.17) is 0 Å². The zero-order valence-corrected chi connectivity index (χ0v) is 16.1. The third kappa shape index (κ3) is 4.25.